The minimum atomic E-state index is -0.267. The highest BCUT2D eigenvalue weighted by Crippen LogP contribution is 2.27. The fraction of sp³-hybridized carbons (Fsp3) is 0.667. The lowest BCUT2D eigenvalue weighted by molar-refractivity contribution is -0.119. The van der Waals surface area contributed by atoms with E-state index in [1.54, 1.807) is 0 Å². The third-order valence-electron chi connectivity index (χ3n) is 2.41. The summed E-state index contributed by atoms with van der Waals surface area (Å²) in [6.45, 7) is 6.36. The summed E-state index contributed by atoms with van der Waals surface area (Å²) in [6, 6.07) is 0.477. The average molecular weight is 168 g/mol. The minimum Gasteiger partial charge on any atom is -0.368 e. The molecule has 0 aliphatic carbocycles. The standard InChI is InChI=1S/C9H16N2O/c1-3-8-5-4-7(2)11(8)6-9(10)12/h8H,2-6H2,1H3,(H2,10,12). The second-order valence-electron chi connectivity index (χ2n) is 3.26. The molecule has 0 spiro atoms. The molecule has 1 rings (SSSR count). The Kier molecular flexibility index (Phi) is 2.74. The van der Waals surface area contributed by atoms with E-state index in [0.29, 0.717) is 12.6 Å². The summed E-state index contributed by atoms with van der Waals surface area (Å²) < 4.78 is 0. The first-order valence-electron chi connectivity index (χ1n) is 4.38. The van der Waals surface area contributed by atoms with Gasteiger partial charge in [0.2, 0.25) is 5.91 Å². The van der Waals surface area contributed by atoms with Crippen molar-refractivity contribution in [1.29, 1.82) is 0 Å². The molecule has 1 aliphatic heterocycles. The largest absolute Gasteiger partial charge is 0.368 e. The molecule has 68 valence electrons. The summed E-state index contributed by atoms with van der Waals surface area (Å²) >= 11 is 0. The first-order valence-corrected chi connectivity index (χ1v) is 4.38. The van der Waals surface area contributed by atoms with Gasteiger partial charge in [0, 0.05) is 11.7 Å². The Balaban J connectivity index is 2.57. The maximum absolute atomic E-state index is 10.7. The Morgan fingerprint density at radius 2 is 2.50 bits per heavy atom. The van der Waals surface area contributed by atoms with Crippen LogP contribution in [0.2, 0.25) is 0 Å². The van der Waals surface area contributed by atoms with Crippen molar-refractivity contribution in [3.63, 3.8) is 0 Å². The molecule has 3 heteroatoms. The highest BCUT2D eigenvalue weighted by atomic mass is 16.1. The van der Waals surface area contributed by atoms with Crippen molar-refractivity contribution in [3.05, 3.63) is 12.3 Å². The number of carbonyl (C=O) groups excluding carboxylic acids is 1. The highest BCUT2D eigenvalue weighted by Gasteiger charge is 2.25. The van der Waals surface area contributed by atoms with Crippen LogP contribution in [0.4, 0.5) is 0 Å². The maximum Gasteiger partial charge on any atom is 0.236 e. The zero-order valence-corrected chi connectivity index (χ0v) is 7.55. The highest BCUT2D eigenvalue weighted by molar-refractivity contribution is 5.76. The van der Waals surface area contributed by atoms with Gasteiger partial charge in [-0.3, -0.25) is 4.79 Å². The summed E-state index contributed by atoms with van der Waals surface area (Å²) in [4.78, 5) is 12.7. The van der Waals surface area contributed by atoms with Crippen molar-refractivity contribution >= 4 is 5.91 Å². The second kappa shape index (κ2) is 3.61. The van der Waals surface area contributed by atoms with E-state index in [1.165, 1.54) is 0 Å². The molecule has 3 nitrogen and oxygen atoms in total. The van der Waals surface area contributed by atoms with Gasteiger partial charge >= 0.3 is 0 Å². The predicted molar refractivity (Wildman–Crippen MR) is 48.4 cm³/mol. The monoisotopic (exact) mass is 168 g/mol. The summed E-state index contributed by atoms with van der Waals surface area (Å²) in [7, 11) is 0. The molecule has 1 amide bonds. The molecule has 1 saturated heterocycles. The molecule has 0 radical (unpaired) electrons. The lowest BCUT2D eigenvalue weighted by atomic mass is 10.2. The van der Waals surface area contributed by atoms with Crippen LogP contribution in [0.25, 0.3) is 0 Å². The van der Waals surface area contributed by atoms with Crippen LogP contribution in [0.5, 0.6) is 0 Å². The summed E-state index contributed by atoms with van der Waals surface area (Å²) in [6.07, 6.45) is 3.18. The molecule has 0 bridgehead atoms. The van der Waals surface area contributed by atoms with Crippen LogP contribution < -0.4 is 5.73 Å². The van der Waals surface area contributed by atoms with Gasteiger partial charge in [0.25, 0.3) is 0 Å². The topological polar surface area (TPSA) is 46.3 Å². The van der Waals surface area contributed by atoms with Gasteiger partial charge in [-0.2, -0.15) is 0 Å². The number of amides is 1. The van der Waals surface area contributed by atoms with E-state index in [2.05, 4.69) is 13.5 Å². The Bertz CT molecular complexity index is 201. The van der Waals surface area contributed by atoms with E-state index in [4.69, 9.17) is 5.73 Å². The van der Waals surface area contributed by atoms with Crippen LogP contribution in [-0.4, -0.2) is 23.4 Å². The average Bonchev–Trinajstić information content (AvgIpc) is 2.32. The summed E-state index contributed by atoms with van der Waals surface area (Å²) in [5.74, 6) is -0.267. The van der Waals surface area contributed by atoms with Crippen LogP contribution in [0.3, 0.4) is 0 Å². The Hall–Kier alpha value is -0.990. The van der Waals surface area contributed by atoms with E-state index in [1.807, 2.05) is 4.90 Å². The third-order valence-corrected chi connectivity index (χ3v) is 2.41. The van der Waals surface area contributed by atoms with Crippen molar-refractivity contribution in [1.82, 2.24) is 4.90 Å². The van der Waals surface area contributed by atoms with E-state index >= 15 is 0 Å². The Labute approximate surface area is 73.2 Å². The number of likely N-dealkylation sites (tertiary alicyclic amines) is 1. The maximum atomic E-state index is 10.7. The molecule has 1 atom stereocenters. The molecule has 1 fully saturated rings. The van der Waals surface area contributed by atoms with Crippen LogP contribution >= 0.6 is 0 Å². The van der Waals surface area contributed by atoms with E-state index in [9.17, 15) is 4.79 Å². The summed E-state index contributed by atoms with van der Waals surface area (Å²) in [5, 5.41) is 0. The van der Waals surface area contributed by atoms with Crippen LogP contribution in [-0.2, 0) is 4.79 Å². The van der Waals surface area contributed by atoms with Gasteiger partial charge in [-0.1, -0.05) is 13.5 Å². The van der Waals surface area contributed by atoms with Gasteiger partial charge in [-0.25, -0.2) is 0 Å². The smallest absolute Gasteiger partial charge is 0.236 e. The van der Waals surface area contributed by atoms with E-state index in [-0.39, 0.29) is 5.91 Å². The van der Waals surface area contributed by atoms with Crippen LogP contribution in [0.1, 0.15) is 26.2 Å². The van der Waals surface area contributed by atoms with Crippen molar-refractivity contribution < 1.29 is 4.79 Å². The molecular weight excluding hydrogens is 152 g/mol. The fourth-order valence-electron chi connectivity index (χ4n) is 1.72. The van der Waals surface area contributed by atoms with Gasteiger partial charge in [-0.05, 0) is 19.3 Å². The molecule has 1 unspecified atom stereocenters. The number of allylic oxidation sites excluding steroid dienone is 1. The van der Waals surface area contributed by atoms with Gasteiger partial charge in [0.05, 0.1) is 6.54 Å². The SMILES string of the molecule is C=C1CCC(CC)N1CC(N)=O. The van der Waals surface area contributed by atoms with Crippen molar-refractivity contribution in [2.75, 3.05) is 6.54 Å². The minimum absolute atomic E-state index is 0.267. The van der Waals surface area contributed by atoms with Gasteiger partial charge in [0.15, 0.2) is 0 Å². The van der Waals surface area contributed by atoms with Gasteiger partial charge in [-0.15, -0.1) is 0 Å². The normalized spacial score (nSPS) is 23.2. The molecule has 2 N–H and O–H groups in total. The molecule has 0 aromatic heterocycles. The van der Waals surface area contributed by atoms with Crippen LogP contribution in [0.15, 0.2) is 12.3 Å². The molecule has 12 heavy (non-hydrogen) atoms. The quantitative estimate of drug-likeness (QED) is 0.679. The van der Waals surface area contributed by atoms with Crippen molar-refractivity contribution in [2.45, 2.75) is 32.2 Å². The second-order valence-corrected chi connectivity index (χ2v) is 3.26. The zero-order chi connectivity index (χ0) is 9.14. The first kappa shape index (κ1) is 9.10. The first-order chi connectivity index (χ1) is 5.65. The fourth-order valence-corrected chi connectivity index (χ4v) is 1.72. The third kappa shape index (κ3) is 1.78. The lowest BCUT2D eigenvalue weighted by Gasteiger charge is -2.24. The lowest BCUT2D eigenvalue weighted by Crippen LogP contribution is -2.35. The van der Waals surface area contributed by atoms with Crippen LogP contribution in [0, 0.1) is 0 Å². The molecule has 0 aromatic carbocycles. The molecule has 0 aromatic rings. The number of nitrogens with two attached hydrogens (primary N) is 1. The zero-order valence-electron chi connectivity index (χ0n) is 7.55. The van der Waals surface area contributed by atoms with Crippen molar-refractivity contribution in [2.24, 2.45) is 5.73 Å². The molecular formula is C9H16N2O. The number of carbonyl (C=O) groups is 1. The van der Waals surface area contributed by atoms with E-state index < -0.39 is 0 Å². The summed E-state index contributed by atoms with van der Waals surface area (Å²) in [5.41, 5.74) is 6.19. The number of rotatable bonds is 3. The Morgan fingerprint density at radius 3 is 3.00 bits per heavy atom. The number of hydrogen-bond donors (Lipinski definition) is 1. The number of primary amides is 1. The number of nitrogens with zero attached hydrogens (tertiary/aromatic N) is 1. The molecule has 1 heterocycles. The predicted octanol–water partition coefficient (Wildman–Crippen LogP) is 0.860. The van der Waals surface area contributed by atoms with Crippen molar-refractivity contribution in [3.8, 4) is 0 Å². The van der Waals surface area contributed by atoms with Gasteiger partial charge in [0.1, 0.15) is 0 Å². The number of hydrogen-bond acceptors (Lipinski definition) is 2. The van der Waals surface area contributed by atoms with E-state index in [0.717, 1.165) is 25.0 Å². The molecule has 1 aliphatic rings. The Morgan fingerprint density at radius 1 is 1.83 bits per heavy atom. The van der Waals surface area contributed by atoms with Gasteiger partial charge < -0.3 is 10.6 Å². The molecule has 0 saturated carbocycles.